The van der Waals surface area contributed by atoms with Crippen LogP contribution in [0.5, 0.6) is 0 Å². The number of ether oxygens (including phenoxy) is 1. The second-order valence-corrected chi connectivity index (χ2v) is 8.20. The Morgan fingerprint density at radius 2 is 1.61 bits per heavy atom. The van der Waals surface area contributed by atoms with Crippen molar-refractivity contribution in [3.05, 3.63) is 59.7 Å². The normalized spacial score (nSPS) is 13.0. The van der Waals surface area contributed by atoms with E-state index >= 15 is 0 Å². The van der Waals surface area contributed by atoms with Crippen LogP contribution in [0.15, 0.2) is 48.5 Å². The fourth-order valence-corrected chi connectivity index (χ4v) is 3.85. The largest absolute Gasteiger partial charge is 0.449 e. The summed E-state index contributed by atoms with van der Waals surface area (Å²) in [5, 5.41) is 3.32. The van der Waals surface area contributed by atoms with E-state index in [1.165, 1.54) is 7.05 Å². The van der Waals surface area contributed by atoms with Crippen molar-refractivity contribution in [3.8, 4) is 11.1 Å². The first kappa shape index (κ1) is 24.0. The zero-order chi connectivity index (χ0) is 24.0. The van der Waals surface area contributed by atoms with E-state index in [1.807, 2.05) is 48.5 Å². The van der Waals surface area contributed by atoms with Gasteiger partial charge >= 0.3 is 12.1 Å². The average Bonchev–Trinajstić information content (AvgIpc) is 3.13. The molecule has 2 aromatic rings. The Balaban J connectivity index is 1.61. The van der Waals surface area contributed by atoms with Gasteiger partial charge in [-0.2, -0.15) is 5.06 Å². The van der Waals surface area contributed by atoms with Crippen LogP contribution in [0, 0.1) is 5.92 Å². The number of carbonyl (C=O) groups is 4. The van der Waals surface area contributed by atoms with Crippen molar-refractivity contribution in [2.24, 2.45) is 5.92 Å². The molecule has 33 heavy (non-hydrogen) atoms. The third-order valence-corrected chi connectivity index (χ3v) is 5.59. The molecule has 0 aromatic heterocycles. The van der Waals surface area contributed by atoms with Crippen LogP contribution >= 0.6 is 0 Å². The smallest absolute Gasteiger partial charge is 0.407 e. The van der Waals surface area contributed by atoms with Gasteiger partial charge in [0.2, 0.25) is 0 Å². The molecule has 2 amide bonds. The van der Waals surface area contributed by atoms with E-state index in [4.69, 9.17) is 9.57 Å². The molecular formula is C25H28N2O6. The van der Waals surface area contributed by atoms with Gasteiger partial charge in [0.1, 0.15) is 18.9 Å². The zero-order valence-corrected chi connectivity index (χ0v) is 18.9. The molecule has 174 valence electrons. The highest BCUT2D eigenvalue weighted by Gasteiger charge is 2.31. The predicted molar refractivity (Wildman–Crippen MR) is 121 cm³/mol. The van der Waals surface area contributed by atoms with E-state index < -0.39 is 24.0 Å². The summed E-state index contributed by atoms with van der Waals surface area (Å²) in [6, 6.07) is 15.0. The maximum Gasteiger partial charge on any atom is 0.407 e. The van der Waals surface area contributed by atoms with Crippen LogP contribution in [-0.4, -0.2) is 49.0 Å². The second kappa shape index (κ2) is 10.8. The molecule has 1 N–H and O–H groups in total. The molecule has 1 aliphatic rings. The predicted octanol–water partition coefficient (Wildman–Crippen LogP) is 3.45. The van der Waals surface area contributed by atoms with Gasteiger partial charge in [0.15, 0.2) is 0 Å². The minimum atomic E-state index is -1.01. The van der Waals surface area contributed by atoms with Crippen LogP contribution < -0.4 is 5.32 Å². The van der Waals surface area contributed by atoms with Gasteiger partial charge < -0.3 is 19.7 Å². The number of nitrogens with zero attached hydrogens (tertiary/aromatic N) is 1. The first-order valence-corrected chi connectivity index (χ1v) is 10.9. The number of aldehydes is 1. The molecule has 3 rings (SSSR count). The minimum Gasteiger partial charge on any atom is -0.449 e. The van der Waals surface area contributed by atoms with Crippen LogP contribution in [0.4, 0.5) is 4.79 Å². The molecule has 0 radical (unpaired) electrons. The number of carbonyl (C=O) groups excluding carboxylic acids is 4. The number of amides is 2. The summed E-state index contributed by atoms with van der Waals surface area (Å²) in [4.78, 5) is 52.5. The average molecular weight is 453 g/mol. The van der Waals surface area contributed by atoms with Crippen LogP contribution in [-0.2, 0) is 24.0 Å². The standard InChI is InChI=1S/C25H28N2O6/c1-16(2)23(24(30)33-27(3)22(29)13-8-14-28)26-25(31)32-15-21-19-11-6-4-9-17(19)18-10-5-7-12-20(18)21/h4-7,9-12,14,16,21,23H,8,13,15H2,1-3H3,(H,26,31). The van der Waals surface area contributed by atoms with Gasteiger partial charge in [-0.25, -0.2) is 9.59 Å². The van der Waals surface area contributed by atoms with Crippen molar-refractivity contribution >= 4 is 24.3 Å². The maximum absolute atomic E-state index is 12.5. The van der Waals surface area contributed by atoms with Crippen molar-refractivity contribution in [3.63, 3.8) is 0 Å². The molecule has 1 aliphatic carbocycles. The first-order valence-electron chi connectivity index (χ1n) is 10.9. The lowest BCUT2D eigenvalue weighted by atomic mass is 9.98. The Hall–Kier alpha value is -3.68. The summed E-state index contributed by atoms with van der Waals surface area (Å²) in [6.07, 6.45) is -0.169. The number of alkyl carbamates (subject to hydrolysis) is 1. The van der Waals surface area contributed by atoms with Gasteiger partial charge in [0, 0.05) is 25.8 Å². The number of hydrogen-bond donors (Lipinski definition) is 1. The third-order valence-electron chi connectivity index (χ3n) is 5.59. The van der Waals surface area contributed by atoms with E-state index in [1.54, 1.807) is 13.8 Å². The molecular weight excluding hydrogens is 424 g/mol. The highest BCUT2D eigenvalue weighted by atomic mass is 16.7. The lowest BCUT2D eigenvalue weighted by Gasteiger charge is -2.24. The minimum absolute atomic E-state index is 0.0341. The SMILES string of the molecule is CC(C)C(NC(=O)OCC1c2ccccc2-c2ccccc21)C(=O)ON(C)C(=O)CCC=O. The fourth-order valence-electron chi connectivity index (χ4n) is 3.85. The van der Waals surface area contributed by atoms with Crippen LogP contribution in [0.3, 0.4) is 0 Å². The Kier molecular flexibility index (Phi) is 7.82. The van der Waals surface area contributed by atoms with E-state index in [-0.39, 0.29) is 31.3 Å². The van der Waals surface area contributed by atoms with Gasteiger partial charge in [0.05, 0.1) is 0 Å². The molecule has 0 heterocycles. The lowest BCUT2D eigenvalue weighted by molar-refractivity contribution is -0.195. The lowest BCUT2D eigenvalue weighted by Crippen LogP contribution is -2.48. The summed E-state index contributed by atoms with van der Waals surface area (Å²) in [7, 11) is 1.29. The van der Waals surface area contributed by atoms with Gasteiger partial charge in [-0.05, 0) is 28.2 Å². The van der Waals surface area contributed by atoms with Crippen molar-refractivity contribution in [1.29, 1.82) is 0 Å². The molecule has 1 unspecified atom stereocenters. The van der Waals surface area contributed by atoms with Gasteiger partial charge in [-0.15, -0.1) is 0 Å². The summed E-state index contributed by atoms with van der Waals surface area (Å²) in [5.41, 5.74) is 4.41. The molecule has 0 aliphatic heterocycles. The molecule has 2 aromatic carbocycles. The van der Waals surface area contributed by atoms with Crippen molar-refractivity contribution < 1.29 is 28.8 Å². The first-order chi connectivity index (χ1) is 15.8. The quantitative estimate of drug-likeness (QED) is 0.486. The number of nitrogens with one attached hydrogen (secondary N) is 1. The molecule has 0 spiro atoms. The van der Waals surface area contributed by atoms with E-state index in [9.17, 15) is 19.2 Å². The highest BCUT2D eigenvalue weighted by Crippen LogP contribution is 2.44. The fraction of sp³-hybridized carbons (Fsp3) is 0.360. The number of benzene rings is 2. The topological polar surface area (TPSA) is 102 Å². The Morgan fingerprint density at radius 1 is 1.03 bits per heavy atom. The van der Waals surface area contributed by atoms with Gasteiger partial charge in [-0.3, -0.25) is 4.79 Å². The van der Waals surface area contributed by atoms with Crippen molar-refractivity contribution in [1.82, 2.24) is 10.4 Å². The maximum atomic E-state index is 12.5. The highest BCUT2D eigenvalue weighted by molar-refractivity contribution is 5.84. The van der Waals surface area contributed by atoms with E-state index in [2.05, 4.69) is 5.32 Å². The Labute approximate surface area is 192 Å². The van der Waals surface area contributed by atoms with E-state index in [0.717, 1.165) is 27.3 Å². The second-order valence-electron chi connectivity index (χ2n) is 8.20. The Morgan fingerprint density at radius 3 is 2.15 bits per heavy atom. The molecule has 0 fully saturated rings. The number of fused-ring (bicyclic) bond motifs is 3. The Bertz CT molecular complexity index is 990. The van der Waals surface area contributed by atoms with Crippen LogP contribution in [0.2, 0.25) is 0 Å². The number of hydroxylamine groups is 2. The zero-order valence-electron chi connectivity index (χ0n) is 18.9. The van der Waals surface area contributed by atoms with Gasteiger partial charge in [0.25, 0.3) is 5.91 Å². The molecule has 0 saturated heterocycles. The van der Waals surface area contributed by atoms with Crippen LogP contribution in [0.1, 0.15) is 43.7 Å². The van der Waals surface area contributed by atoms with Gasteiger partial charge in [-0.1, -0.05) is 62.4 Å². The summed E-state index contributed by atoms with van der Waals surface area (Å²) in [5.74, 6) is -1.72. The number of hydrogen-bond acceptors (Lipinski definition) is 6. The number of rotatable bonds is 8. The molecule has 0 bridgehead atoms. The monoisotopic (exact) mass is 452 g/mol. The van der Waals surface area contributed by atoms with E-state index in [0.29, 0.717) is 6.29 Å². The third kappa shape index (κ3) is 5.58. The molecule has 1 atom stereocenters. The summed E-state index contributed by atoms with van der Waals surface area (Å²) < 4.78 is 5.50. The van der Waals surface area contributed by atoms with Crippen molar-refractivity contribution in [2.75, 3.05) is 13.7 Å². The summed E-state index contributed by atoms with van der Waals surface area (Å²) >= 11 is 0. The summed E-state index contributed by atoms with van der Waals surface area (Å²) in [6.45, 7) is 3.59. The molecule has 0 saturated carbocycles. The van der Waals surface area contributed by atoms with Crippen molar-refractivity contribution in [2.45, 2.75) is 38.6 Å². The van der Waals surface area contributed by atoms with Crippen LogP contribution in [0.25, 0.3) is 11.1 Å². The molecule has 8 heteroatoms. The molecule has 8 nitrogen and oxygen atoms in total.